The standard InChI is InChI=1S/C20H24N6OS/c1-5-28-20-22-21-18(24(20)3)17-15-12-26(11-10-16(15)25(4)23-17)19(27)14-8-6-13(2)7-9-14/h6-9H,5,10-12H2,1-4H3. The van der Waals surface area contributed by atoms with Crippen molar-refractivity contribution in [1.82, 2.24) is 29.4 Å². The minimum Gasteiger partial charge on any atom is -0.334 e. The Morgan fingerprint density at radius 1 is 1.18 bits per heavy atom. The lowest BCUT2D eigenvalue weighted by atomic mass is 10.0. The van der Waals surface area contributed by atoms with Crippen molar-refractivity contribution in [2.24, 2.45) is 14.1 Å². The summed E-state index contributed by atoms with van der Waals surface area (Å²) in [4.78, 5) is 14.9. The van der Waals surface area contributed by atoms with Crippen LogP contribution in [0.1, 0.15) is 34.1 Å². The molecular formula is C20H24N6OS. The SMILES string of the molecule is CCSc1nnc(-c2nn(C)c3c2CN(C(=O)c2ccc(C)cc2)CC3)n1C. The van der Waals surface area contributed by atoms with Crippen LogP contribution >= 0.6 is 11.8 Å². The average Bonchev–Trinajstić information content (AvgIpc) is 3.22. The molecule has 146 valence electrons. The summed E-state index contributed by atoms with van der Waals surface area (Å²) in [6.45, 7) is 5.34. The Labute approximate surface area is 168 Å². The molecular weight excluding hydrogens is 372 g/mol. The lowest BCUT2D eigenvalue weighted by Gasteiger charge is -2.27. The van der Waals surface area contributed by atoms with Gasteiger partial charge in [0.25, 0.3) is 5.91 Å². The van der Waals surface area contributed by atoms with Gasteiger partial charge in [0, 0.05) is 43.9 Å². The van der Waals surface area contributed by atoms with Crippen LogP contribution in [0.5, 0.6) is 0 Å². The molecule has 0 fully saturated rings. The van der Waals surface area contributed by atoms with Gasteiger partial charge in [0.1, 0.15) is 5.69 Å². The molecule has 1 amide bonds. The number of amides is 1. The van der Waals surface area contributed by atoms with E-state index in [1.807, 2.05) is 59.4 Å². The zero-order valence-electron chi connectivity index (χ0n) is 16.6. The van der Waals surface area contributed by atoms with E-state index in [-0.39, 0.29) is 5.91 Å². The molecule has 8 heteroatoms. The molecule has 2 aromatic heterocycles. The molecule has 0 bridgehead atoms. The molecule has 1 aliphatic heterocycles. The molecule has 0 aliphatic carbocycles. The summed E-state index contributed by atoms with van der Waals surface area (Å²) >= 11 is 1.66. The Balaban J connectivity index is 1.67. The van der Waals surface area contributed by atoms with Gasteiger partial charge in [0.05, 0.1) is 6.54 Å². The Bertz CT molecular complexity index is 1020. The minimum absolute atomic E-state index is 0.0562. The first kappa shape index (κ1) is 18.7. The molecule has 0 saturated heterocycles. The quantitative estimate of drug-likeness (QED) is 0.635. The van der Waals surface area contributed by atoms with Crippen LogP contribution in [0.4, 0.5) is 0 Å². The van der Waals surface area contributed by atoms with E-state index in [9.17, 15) is 4.79 Å². The zero-order chi connectivity index (χ0) is 19.8. The summed E-state index contributed by atoms with van der Waals surface area (Å²) in [5.74, 6) is 1.74. The fourth-order valence-corrected chi connectivity index (χ4v) is 4.24. The molecule has 28 heavy (non-hydrogen) atoms. The molecule has 3 aromatic rings. The molecule has 0 saturated carbocycles. The van der Waals surface area contributed by atoms with E-state index in [0.29, 0.717) is 13.1 Å². The fraction of sp³-hybridized carbons (Fsp3) is 0.400. The predicted octanol–water partition coefficient (Wildman–Crippen LogP) is 2.83. The second-order valence-electron chi connectivity index (χ2n) is 7.04. The minimum atomic E-state index is 0.0562. The maximum Gasteiger partial charge on any atom is 0.254 e. The highest BCUT2D eigenvalue weighted by Gasteiger charge is 2.29. The number of carbonyl (C=O) groups excluding carboxylic acids is 1. The molecule has 0 radical (unpaired) electrons. The zero-order valence-corrected chi connectivity index (χ0v) is 17.5. The number of hydrogen-bond acceptors (Lipinski definition) is 5. The molecule has 0 unspecified atom stereocenters. The van der Waals surface area contributed by atoms with Crippen LogP contribution in [0.2, 0.25) is 0 Å². The van der Waals surface area contributed by atoms with Gasteiger partial charge in [-0.05, 0) is 24.8 Å². The largest absolute Gasteiger partial charge is 0.334 e. The molecule has 0 N–H and O–H groups in total. The van der Waals surface area contributed by atoms with Crippen LogP contribution < -0.4 is 0 Å². The van der Waals surface area contributed by atoms with Crippen LogP contribution in [-0.2, 0) is 27.1 Å². The lowest BCUT2D eigenvalue weighted by molar-refractivity contribution is 0.0733. The number of carbonyl (C=O) groups is 1. The summed E-state index contributed by atoms with van der Waals surface area (Å²) in [6, 6.07) is 7.75. The van der Waals surface area contributed by atoms with Crippen LogP contribution in [-0.4, -0.2) is 47.6 Å². The summed E-state index contributed by atoms with van der Waals surface area (Å²) in [7, 11) is 3.92. The number of benzene rings is 1. The summed E-state index contributed by atoms with van der Waals surface area (Å²) in [5, 5.41) is 14.3. The van der Waals surface area contributed by atoms with Crippen molar-refractivity contribution in [3.05, 3.63) is 46.6 Å². The lowest BCUT2D eigenvalue weighted by Crippen LogP contribution is -2.36. The van der Waals surface area contributed by atoms with Crippen LogP contribution in [0.15, 0.2) is 29.4 Å². The van der Waals surface area contributed by atoms with Crippen LogP contribution in [0.25, 0.3) is 11.5 Å². The Kier molecular flexibility index (Phi) is 4.97. The first-order valence-electron chi connectivity index (χ1n) is 9.42. The molecule has 0 spiro atoms. The summed E-state index contributed by atoms with van der Waals surface area (Å²) < 4.78 is 3.90. The number of rotatable bonds is 4. The molecule has 0 atom stereocenters. The van der Waals surface area contributed by atoms with E-state index in [1.54, 1.807) is 11.8 Å². The van der Waals surface area contributed by atoms with Crippen molar-refractivity contribution >= 4 is 17.7 Å². The van der Waals surface area contributed by atoms with Gasteiger partial charge >= 0.3 is 0 Å². The van der Waals surface area contributed by atoms with Crippen LogP contribution in [0.3, 0.4) is 0 Å². The van der Waals surface area contributed by atoms with Crippen molar-refractivity contribution in [2.75, 3.05) is 12.3 Å². The monoisotopic (exact) mass is 396 g/mol. The smallest absolute Gasteiger partial charge is 0.254 e. The predicted molar refractivity (Wildman–Crippen MR) is 109 cm³/mol. The third-order valence-corrected chi connectivity index (χ3v) is 6.05. The van der Waals surface area contributed by atoms with E-state index in [0.717, 1.165) is 51.2 Å². The molecule has 1 aliphatic rings. The normalized spacial score (nSPS) is 13.6. The van der Waals surface area contributed by atoms with Crippen molar-refractivity contribution in [2.45, 2.75) is 32.0 Å². The number of aromatic nitrogens is 5. The maximum atomic E-state index is 13.0. The highest BCUT2D eigenvalue weighted by Crippen LogP contribution is 2.30. The Morgan fingerprint density at radius 3 is 2.64 bits per heavy atom. The first-order chi connectivity index (χ1) is 13.5. The van der Waals surface area contributed by atoms with Crippen LogP contribution in [0, 0.1) is 6.92 Å². The van der Waals surface area contributed by atoms with Crippen molar-refractivity contribution in [3.8, 4) is 11.5 Å². The van der Waals surface area contributed by atoms with Gasteiger partial charge in [0.2, 0.25) is 0 Å². The van der Waals surface area contributed by atoms with E-state index in [2.05, 4.69) is 17.1 Å². The van der Waals surface area contributed by atoms with Gasteiger partial charge in [-0.15, -0.1) is 10.2 Å². The summed E-state index contributed by atoms with van der Waals surface area (Å²) in [5.41, 5.74) is 4.92. The highest BCUT2D eigenvalue weighted by atomic mass is 32.2. The molecule has 4 rings (SSSR count). The highest BCUT2D eigenvalue weighted by molar-refractivity contribution is 7.99. The number of hydrogen-bond donors (Lipinski definition) is 0. The number of fused-ring (bicyclic) bond motifs is 1. The van der Waals surface area contributed by atoms with Gasteiger partial charge in [-0.25, -0.2) is 0 Å². The maximum absolute atomic E-state index is 13.0. The van der Waals surface area contributed by atoms with Crippen molar-refractivity contribution in [1.29, 1.82) is 0 Å². The first-order valence-corrected chi connectivity index (χ1v) is 10.4. The van der Waals surface area contributed by atoms with Gasteiger partial charge in [0.15, 0.2) is 11.0 Å². The van der Waals surface area contributed by atoms with E-state index < -0.39 is 0 Å². The third kappa shape index (κ3) is 3.22. The second kappa shape index (κ2) is 7.43. The van der Waals surface area contributed by atoms with Gasteiger partial charge < -0.3 is 9.47 Å². The summed E-state index contributed by atoms with van der Waals surface area (Å²) in [6.07, 6.45) is 0.783. The van der Waals surface area contributed by atoms with Gasteiger partial charge in [-0.3, -0.25) is 9.48 Å². The number of thioether (sulfide) groups is 1. The molecule has 1 aromatic carbocycles. The Hall–Kier alpha value is -2.61. The Morgan fingerprint density at radius 2 is 1.93 bits per heavy atom. The van der Waals surface area contributed by atoms with Crippen molar-refractivity contribution < 1.29 is 4.79 Å². The number of nitrogens with zero attached hydrogens (tertiary/aromatic N) is 6. The average molecular weight is 397 g/mol. The fourth-order valence-electron chi connectivity index (χ4n) is 3.60. The van der Waals surface area contributed by atoms with E-state index >= 15 is 0 Å². The number of aryl methyl sites for hydroxylation is 2. The topological polar surface area (TPSA) is 68.8 Å². The van der Waals surface area contributed by atoms with Gasteiger partial charge in [-0.2, -0.15) is 5.10 Å². The van der Waals surface area contributed by atoms with E-state index in [4.69, 9.17) is 5.10 Å². The second-order valence-corrected chi connectivity index (χ2v) is 8.27. The van der Waals surface area contributed by atoms with Crippen molar-refractivity contribution in [3.63, 3.8) is 0 Å². The molecule has 7 nitrogen and oxygen atoms in total. The van der Waals surface area contributed by atoms with Gasteiger partial charge in [-0.1, -0.05) is 36.4 Å². The molecule has 3 heterocycles. The van der Waals surface area contributed by atoms with E-state index in [1.165, 1.54) is 0 Å². The third-order valence-electron chi connectivity index (χ3n) is 5.15.